The summed E-state index contributed by atoms with van der Waals surface area (Å²) in [5.74, 6) is 0.0532. The second kappa shape index (κ2) is 5.86. The van der Waals surface area contributed by atoms with Crippen LogP contribution in [0, 0.1) is 5.41 Å². The van der Waals surface area contributed by atoms with Crippen LogP contribution in [0.3, 0.4) is 0 Å². The van der Waals surface area contributed by atoms with Crippen molar-refractivity contribution in [1.82, 2.24) is 0 Å². The van der Waals surface area contributed by atoms with Crippen LogP contribution in [0.25, 0.3) is 0 Å². The SMILES string of the molecule is CCN(CCO)c1ccc(C(=N)N)cc1Br. The van der Waals surface area contributed by atoms with Crippen LogP contribution in [-0.2, 0) is 0 Å². The number of amidine groups is 1. The molecular formula is C11H16BrN3O. The fourth-order valence-corrected chi connectivity index (χ4v) is 2.13. The van der Waals surface area contributed by atoms with Crippen molar-refractivity contribution in [2.24, 2.45) is 5.73 Å². The molecule has 0 saturated carbocycles. The summed E-state index contributed by atoms with van der Waals surface area (Å²) in [7, 11) is 0. The molecule has 0 atom stereocenters. The van der Waals surface area contributed by atoms with Gasteiger partial charge in [0.1, 0.15) is 5.84 Å². The third kappa shape index (κ3) is 2.96. The number of aliphatic hydroxyl groups excluding tert-OH is 1. The van der Waals surface area contributed by atoms with Crippen LogP contribution in [0.1, 0.15) is 12.5 Å². The summed E-state index contributed by atoms with van der Waals surface area (Å²) in [5.41, 5.74) is 7.10. The molecule has 0 bridgehead atoms. The summed E-state index contributed by atoms with van der Waals surface area (Å²) in [6.45, 7) is 3.56. The Morgan fingerprint density at radius 1 is 1.56 bits per heavy atom. The summed E-state index contributed by atoms with van der Waals surface area (Å²) in [6, 6.07) is 5.53. The molecule has 0 unspecified atom stereocenters. The highest BCUT2D eigenvalue weighted by Gasteiger charge is 2.09. The molecular weight excluding hydrogens is 270 g/mol. The van der Waals surface area contributed by atoms with Crippen LogP contribution >= 0.6 is 15.9 Å². The Hall–Kier alpha value is -1.07. The maximum Gasteiger partial charge on any atom is 0.122 e. The van der Waals surface area contributed by atoms with E-state index in [1.165, 1.54) is 0 Å². The molecule has 0 fully saturated rings. The number of hydrogen-bond acceptors (Lipinski definition) is 3. The van der Waals surface area contributed by atoms with E-state index in [0.717, 1.165) is 16.7 Å². The molecule has 1 rings (SSSR count). The highest BCUT2D eigenvalue weighted by atomic mass is 79.9. The fourth-order valence-electron chi connectivity index (χ4n) is 1.50. The van der Waals surface area contributed by atoms with Crippen LogP contribution in [-0.4, -0.2) is 30.6 Å². The minimum Gasteiger partial charge on any atom is -0.395 e. The van der Waals surface area contributed by atoms with Gasteiger partial charge in [0.25, 0.3) is 0 Å². The predicted octanol–water partition coefficient (Wildman–Crippen LogP) is 1.55. The van der Waals surface area contributed by atoms with E-state index >= 15 is 0 Å². The van der Waals surface area contributed by atoms with Crippen molar-refractivity contribution in [2.45, 2.75) is 6.92 Å². The second-order valence-electron chi connectivity index (χ2n) is 3.38. The van der Waals surface area contributed by atoms with Gasteiger partial charge in [-0.2, -0.15) is 0 Å². The lowest BCUT2D eigenvalue weighted by Crippen LogP contribution is -2.26. The first-order valence-corrected chi connectivity index (χ1v) is 5.89. The molecule has 0 aromatic heterocycles. The molecule has 0 amide bonds. The Bertz CT molecular complexity index is 381. The van der Waals surface area contributed by atoms with Gasteiger partial charge in [-0.05, 0) is 41.1 Å². The molecule has 0 radical (unpaired) electrons. The zero-order valence-corrected chi connectivity index (χ0v) is 10.8. The lowest BCUT2D eigenvalue weighted by atomic mass is 10.2. The van der Waals surface area contributed by atoms with Gasteiger partial charge < -0.3 is 15.7 Å². The van der Waals surface area contributed by atoms with E-state index < -0.39 is 0 Å². The maximum absolute atomic E-state index is 8.95. The van der Waals surface area contributed by atoms with Gasteiger partial charge in [0.05, 0.1) is 12.3 Å². The third-order valence-corrected chi connectivity index (χ3v) is 2.99. The van der Waals surface area contributed by atoms with Gasteiger partial charge in [-0.1, -0.05) is 0 Å². The number of likely N-dealkylation sites (N-methyl/N-ethyl adjacent to an activating group) is 1. The van der Waals surface area contributed by atoms with Crippen molar-refractivity contribution in [3.63, 3.8) is 0 Å². The van der Waals surface area contributed by atoms with E-state index in [1.807, 2.05) is 30.0 Å². The van der Waals surface area contributed by atoms with Crippen LogP contribution in [0.4, 0.5) is 5.69 Å². The molecule has 16 heavy (non-hydrogen) atoms. The van der Waals surface area contributed by atoms with Gasteiger partial charge in [-0.15, -0.1) is 0 Å². The number of nitrogens with one attached hydrogen (secondary N) is 1. The summed E-state index contributed by atoms with van der Waals surface area (Å²) < 4.78 is 0.885. The quantitative estimate of drug-likeness (QED) is 0.568. The van der Waals surface area contributed by atoms with Crippen LogP contribution in [0.5, 0.6) is 0 Å². The van der Waals surface area contributed by atoms with Gasteiger partial charge in [0.2, 0.25) is 0 Å². The van der Waals surface area contributed by atoms with Crippen LogP contribution in [0.2, 0.25) is 0 Å². The van der Waals surface area contributed by atoms with Crippen molar-refractivity contribution in [3.05, 3.63) is 28.2 Å². The molecule has 4 nitrogen and oxygen atoms in total. The van der Waals surface area contributed by atoms with E-state index in [0.29, 0.717) is 12.1 Å². The lowest BCUT2D eigenvalue weighted by molar-refractivity contribution is 0.302. The average molecular weight is 286 g/mol. The third-order valence-electron chi connectivity index (χ3n) is 2.35. The monoisotopic (exact) mass is 285 g/mol. The Morgan fingerprint density at radius 3 is 2.69 bits per heavy atom. The first kappa shape index (κ1) is 13.0. The zero-order chi connectivity index (χ0) is 12.1. The molecule has 0 aliphatic rings. The number of benzene rings is 1. The minimum absolute atomic E-state index is 0.0532. The van der Waals surface area contributed by atoms with Gasteiger partial charge in [0, 0.05) is 23.1 Å². The van der Waals surface area contributed by atoms with Crippen molar-refractivity contribution in [3.8, 4) is 0 Å². The Balaban J connectivity index is 3.01. The summed E-state index contributed by atoms with van der Waals surface area (Å²) in [4.78, 5) is 2.05. The van der Waals surface area contributed by atoms with Gasteiger partial charge in [0.15, 0.2) is 0 Å². The van der Waals surface area contributed by atoms with Crippen molar-refractivity contribution in [2.75, 3.05) is 24.6 Å². The highest BCUT2D eigenvalue weighted by molar-refractivity contribution is 9.10. The van der Waals surface area contributed by atoms with Crippen molar-refractivity contribution < 1.29 is 5.11 Å². The lowest BCUT2D eigenvalue weighted by Gasteiger charge is -2.23. The maximum atomic E-state index is 8.95. The number of nitrogens with two attached hydrogens (primary N) is 1. The highest BCUT2D eigenvalue weighted by Crippen LogP contribution is 2.27. The summed E-state index contributed by atoms with van der Waals surface area (Å²) in [6.07, 6.45) is 0. The smallest absolute Gasteiger partial charge is 0.122 e. The van der Waals surface area contributed by atoms with Gasteiger partial charge >= 0.3 is 0 Å². The Labute approximate surface area is 104 Å². The van der Waals surface area contributed by atoms with Gasteiger partial charge in [-0.25, -0.2) is 0 Å². The number of nitrogens with zero attached hydrogens (tertiary/aromatic N) is 1. The second-order valence-corrected chi connectivity index (χ2v) is 4.24. The van der Waals surface area contributed by atoms with Gasteiger partial charge in [-0.3, -0.25) is 5.41 Å². The van der Waals surface area contributed by atoms with E-state index in [4.69, 9.17) is 16.2 Å². The normalized spacial score (nSPS) is 10.2. The Kier molecular flexibility index (Phi) is 4.76. The molecule has 0 heterocycles. The number of rotatable bonds is 5. The standard InChI is InChI=1S/C11H16BrN3O/c1-2-15(5-6-16)10-4-3-8(11(13)14)7-9(10)12/h3-4,7,16H,2,5-6H2,1H3,(H3,13,14). The number of halogens is 1. The molecule has 0 saturated heterocycles. The van der Waals surface area contributed by atoms with E-state index in [9.17, 15) is 0 Å². The van der Waals surface area contributed by atoms with Crippen molar-refractivity contribution in [1.29, 1.82) is 5.41 Å². The van der Waals surface area contributed by atoms with E-state index in [-0.39, 0.29) is 12.4 Å². The van der Waals surface area contributed by atoms with E-state index in [2.05, 4.69) is 15.9 Å². The number of aliphatic hydroxyl groups is 1. The van der Waals surface area contributed by atoms with Crippen LogP contribution in [0.15, 0.2) is 22.7 Å². The molecule has 4 N–H and O–H groups in total. The molecule has 0 spiro atoms. The minimum atomic E-state index is 0.0532. The number of hydrogen-bond donors (Lipinski definition) is 3. The Morgan fingerprint density at radius 2 is 2.25 bits per heavy atom. The topological polar surface area (TPSA) is 73.3 Å². The van der Waals surface area contributed by atoms with Crippen molar-refractivity contribution >= 4 is 27.5 Å². The molecule has 5 heteroatoms. The molecule has 0 aliphatic carbocycles. The number of anilines is 1. The molecule has 0 aliphatic heterocycles. The zero-order valence-electron chi connectivity index (χ0n) is 9.20. The first-order chi connectivity index (χ1) is 7.60. The molecule has 1 aromatic rings. The number of nitrogen functional groups attached to an aromatic ring is 1. The fraction of sp³-hybridized carbons (Fsp3) is 0.364. The first-order valence-electron chi connectivity index (χ1n) is 5.10. The summed E-state index contributed by atoms with van der Waals surface area (Å²) >= 11 is 3.45. The summed E-state index contributed by atoms with van der Waals surface area (Å²) in [5, 5.41) is 16.3. The molecule has 1 aromatic carbocycles. The largest absolute Gasteiger partial charge is 0.395 e. The predicted molar refractivity (Wildman–Crippen MR) is 70.1 cm³/mol. The molecule has 88 valence electrons. The van der Waals surface area contributed by atoms with Crippen LogP contribution < -0.4 is 10.6 Å². The van der Waals surface area contributed by atoms with E-state index in [1.54, 1.807) is 0 Å². The average Bonchev–Trinajstić information content (AvgIpc) is 2.26.